The summed E-state index contributed by atoms with van der Waals surface area (Å²) in [4.78, 5) is 6.64. The van der Waals surface area contributed by atoms with Crippen LogP contribution in [0.2, 0.25) is 0 Å². The number of nitrogens with zero attached hydrogens (tertiary/aromatic N) is 2. The number of rotatable bonds is 9. The van der Waals surface area contributed by atoms with Crippen molar-refractivity contribution in [2.45, 2.75) is 52.0 Å². The van der Waals surface area contributed by atoms with Gasteiger partial charge in [0, 0.05) is 26.2 Å². The Balaban J connectivity index is 2.15. The van der Waals surface area contributed by atoms with Crippen LogP contribution in [0.15, 0.2) is 4.99 Å². The molecule has 0 radical (unpaired) electrons. The number of hydrogen-bond acceptors (Lipinski definition) is 2. The fourth-order valence-corrected chi connectivity index (χ4v) is 2.56. The van der Waals surface area contributed by atoms with E-state index in [4.69, 9.17) is 0 Å². The highest BCUT2D eigenvalue weighted by molar-refractivity contribution is 5.79. The van der Waals surface area contributed by atoms with Gasteiger partial charge in [0.15, 0.2) is 5.96 Å². The molecule has 4 nitrogen and oxygen atoms in total. The second-order valence-electron chi connectivity index (χ2n) is 6.64. The summed E-state index contributed by atoms with van der Waals surface area (Å²) in [5, 5.41) is 6.89. The van der Waals surface area contributed by atoms with Crippen molar-refractivity contribution < 1.29 is 0 Å². The molecule has 0 aliphatic heterocycles. The van der Waals surface area contributed by atoms with Crippen molar-refractivity contribution in [2.75, 3.05) is 34.2 Å². The molecule has 1 unspecified atom stereocenters. The second-order valence-corrected chi connectivity index (χ2v) is 6.64. The third-order valence-electron chi connectivity index (χ3n) is 4.03. The topological polar surface area (TPSA) is 39.7 Å². The van der Waals surface area contributed by atoms with E-state index in [9.17, 15) is 0 Å². The van der Waals surface area contributed by atoms with Gasteiger partial charge in [-0.05, 0) is 45.2 Å². The summed E-state index contributed by atoms with van der Waals surface area (Å²) < 4.78 is 0. The van der Waals surface area contributed by atoms with Crippen LogP contribution in [0.4, 0.5) is 0 Å². The SMILES string of the molecule is CN=C(NCCCCC(C)C)NCC(C1CC1)N(C)C. The molecule has 0 aromatic heterocycles. The Labute approximate surface area is 125 Å². The zero-order valence-corrected chi connectivity index (χ0v) is 14.1. The number of unbranched alkanes of at least 4 members (excludes halogenated alkanes) is 1. The minimum absolute atomic E-state index is 0.634. The lowest BCUT2D eigenvalue weighted by atomic mass is 10.1. The van der Waals surface area contributed by atoms with Crippen LogP contribution in [0.25, 0.3) is 0 Å². The summed E-state index contributed by atoms with van der Waals surface area (Å²) in [6, 6.07) is 0.634. The first-order valence-corrected chi connectivity index (χ1v) is 8.15. The van der Waals surface area contributed by atoms with E-state index in [-0.39, 0.29) is 0 Å². The number of aliphatic imine (C=N–C) groups is 1. The molecule has 1 saturated carbocycles. The predicted octanol–water partition coefficient (Wildman–Crippen LogP) is 2.32. The molecule has 0 aromatic carbocycles. The van der Waals surface area contributed by atoms with Crippen LogP contribution in [-0.4, -0.2) is 51.1 Å². The molecule has 0 amide bonds. The Morgan fingerprint density at radius 1 is 1.20 bits per heavy atom. The highest BCUT2D eigenvalue weighted by Gasteiger charge is 2.32. The summed E-state index contributed by atoms with van der Waals surface area (Å²) >= 11 is 0. The number of nitrogens with one attached hydrogen (secondary N) is 2. The monoisotopic (exact) mass is 282 g/mol. The number of likely N-dealkylation sites (N-methyl/N-ethyl adjacent to an activating group) is 1. The van der Waals surface area contributed by atoms with Gasteiger partial charge in [0.1, 0.15) is 0 Å². The molecule has 0 spiro atoms. The summed E-state index contributed by atoms with van der Waals surface area (Å²) in [5.41, 5.74) is 0. The molecular formula is C16H34N4. The first-order chi connectivity index (χ1) is 9.54. The molecule has 1 rings (SSSR count). The van der Waals surface area contributed by atoms with Gasteiger partial charge in [-0.3, -0.25) is 4.99 Å². The molecular weight excluding hydrogens is 248 g/mol. The third kappa shape index (κ3) is 7.13. The van der Waals surface area contributed by atoms with Crippen LogP contribution >= 0.6 is 0 Å². The standard InChI is InChI=1S/C16H34N4/c1-13(2)8-6-7-11-18-16(17-3)19-12-15(20(4)5)14-9-10-14/h13-15H,6-12H2,1-5H3,(H2,17,18,19). The summed E-state index contributed by atoms with van der Waals surface area (Å²) in [7, 11) is 6.20. The third-order valence-corrected chi connectivity index (χ3v) is 4.03. The van der Waals surface area contributed by atoms with Gasteiger partial charge in [-0.2, -0.15) is 0 Å². The van der Waals surface area contributed by atoms with Crippen molar-refractivity contribution in [2.24, 2.45) is 16.8 Å². The fraction of sp³-hybridized carbons (Fsp3) is 0.938. The van der Waals surface area contributed by atoms with Gasteiger partial charge in [-0.1, -0.05) is 26.7 Å². The molecule has 118 valence electrons. The first kappa shape index (κ1) is 17.3. The molecule has 1 atom stereocenters. The van der Waals surface area contributed by atoms with Gasteiger partial charge in [0.05, 0.1) is 0 Å². The lowest BCUT2D eigenvalue weighted by Gasteiger charge is -2.25. The maximum Gasteiger partial charge on any atom is 0.191 e. The lowest BCUT2D eigenvalue weighted by Crippen LogP contribution is -2.46. The Kier molecular flexibility index (Phi) is 7.97. The minimum atomic E-state index is 0.634. The fourth-order valence-electron chi connectivity index (χ4n) is 2.56. The summed E-state index contributed by atoms with van der Waals surface area (Å²) in [5.74, 6) is 2.63. The number of guanidine groups is 1. The number of hydrogen-bond donors (Lipinski definition) is 2. The Hall–Kier alpha value is -0.770. The van der Waals surface area contributed by atoms with Crippen LogP contribution in [0.5, 0.6) is 0 Å². The van der Waals surface area contributed by atoms with Crippen molar-refractivity contribution in [3.8, 4) is 0 Å². The van der Waals surface area contributed by atoms with Crippen LogP contribution in [-0.2, 0) is 0 Å². The maximum atomic E-state index is 4.31. The van der Waals surface area contributed by atoms with E-state index < -0.39 is 0 Å². The molecule has 1 aliphatic rings. The van der Waals surface area contributed by atoms with Crippen molar-refractivity contribution in [1.82, 2.24) is 15.5 Å². The van der Waals surface area contributed by atoms with E-state index in [1.807, 2.05) is 7.05 Å². The second kappa shape index (κ2) is 9.22. The van der Waals surface area contributed by atoms with E-state index >= 15 is 0 Å². The van der Waals surface area contributed by atoms with E-state index in [1.165, 1.54) is 32.1 Å². The van der Waals surface area contributed by atoms with Crippen molar-refractivity contribution in [3.63, 3.8) is 0 Å². The average Bonchev–Trinajstić information content (AvgIpc) is 3.20. The van der Waals surface area contributed by atoms with Crippen molar-refractivity contribution in [1.29, 1.82) is 0 Å². The van der Waals surface area contributed by atoms with Gasteiger partial charge in [-0.15, -0.1) is 0 Å². The first-order valence-electron chi connectivity index (χ1n) is 8.15. The van der Waals surface area contributed by atoms with Crippen LogP contribution in [0.1, 0.15) is 46.0 Å². The molecule has 4 heteroatoms. The lowest BCUT2D eigenvalue weighted by molar-refractivity contribution is 0.264. The Bertz CT molecular complexity index is 280. The summed E-state index contributed by atoms with van der Waals surface area (Å²) in [6.45, 7) is 6.58. The smallest absolute Gasteiger partial charge is 0.191 e. The van der Waals surface area contributed by atoms with E-state index in [2.05, 4.69) is 48.5 Å². The summed E-state index contributed by atoms with van der Waals surface area (Å²) in [6.07, 6.45) is 6.60. The van der Waals surface area contributed by atoms with E-state index in [0.29, 0.717) is 6.04 Å². The van der Waals surface area contributed by atoms with Gasteiger partial charge in [0.2, 0.25) is 0 Å². The predicted molar refractivity (Wildman–Crippen MR) is 88.3 cm³/mol. The van der Waals surface area contributed by atoms with Crippen LogP contribution in [0, 0.1) is 11.8 Å². The molecule has 0 saturated heterocycles. The minimum Gasteiger partial charge on any atom is -0.356 e. The molecule has 20 heavy (non-hydrogen) atoms. The van der Waals surface area contributed by atoms with Gasteiger partial charge in [-0.25, -0.2) is 0 Å². The maximum absolute atomic E-state index is 4.31. The molecule has 1 aliphatic carbocycles. The zero-order chi connectivity index (χ0) is 15.0. The average molecular weight is 282 g/mol. The van der Waals surface area contributed by atoms with Gasteiger partial charge >= 0.3 is 0 Å². The highest BCUT2D eigenvalue weighted by atomic mass is 15.2. The largest absolute Gasteiger partial charge is 0.356 e. The van der Waals surface area contributed by atoms with Crippen molar-refractivity contribution >= 4 is 5.96 Å². The molecule has 1 fully saturated rings. The normalized spacial score (nSPS) is 17.6. The van der Waals surface area contributed by atoms with Gasteiger partial charge in [0.25, 0.3) is 0 Å². The van der Waals surface area contributed by atoms with E-state index in [0.717, 1.165) is 30.9 Å². The highest BCUT2D eigenvalue weighted by Crippen LogP contribution is 2.34. The van der Waals surface area contributed by atoms with Gasteiger partial charge < -0.3 is 15.5 Å². The van der Waals surface area contributed by atoms with Crippen LogP contribution in [0.3, 0.4) is 0 Å². The Morgan fingerprint density at radius 3 is 2.40 bits per heavy atom. The Morgan fingerprint density at radius 2 is 1.90 bits per heavy atom. The molecule has 2 N–H and O–H groups in total. The van der Waals surface area contributed by atoms with Crippen LogP contribution < -0.4 is 10.6 Å². The van der Waals surface area contributed by atoms with E-state index in [1.54, 1.807) is 0 Å². The van der Waals surface area contributed by atoms with Crippen molar-refractivity contribution in [3.05, 3.63) is 0 Å². The molecule has 0 bridgehead atoms. The zero-order valence-electron chi connectivity index (χ0n) is 14.1. The molecule has 0 heterocycles. The quantitative estimate of drug-likeness (QED) is 0.387. The molecule has 0 aromatic rings.